The highest BCUT2D eigenvalue weighted by Gasteiger charge is 2.39. The van der Waals surface area contributed by atoms with E-state index in [2.05, 4.69) is 10.3 Å². The van der Waals surface area contributed by atoms with Crippen molar-refractivity contribution < 1.29 is 14.4 Å². The third kappa shape index (κ3) is 4.06. The van der Waals surface area contributed by atoms with Crippen molar-refractivity contribution in [2.75, 3.05) is 24.5 Å². The number of hydrogen-bond donors (Lipinski definition) is 1. The summed E-state index contributed by atoms with van der Waals surface area (Å²) in [6.07, 6.45) is 4.07. The van der Waals surface area contributed by atoms with Gasteiger partial charge in [-0.1, -0.05) is 12.1 Å². The lowest BCUT2D eigenvalue weighted by atomic mass is 10.1. The van der Waals surface area contributed by atoms with Gasteiger partial charge in [0.1, 0.15) is 0 Å². The number of nitrogens with one attached hydrogen (secondary N) is 1. The minimum absolute atomic E-state index is 0.128. The van der Waals surface area contributed by atoms with Gasteiger partial charge in [0, 0.05) is 37.9 Å². The predicted molar refractivity (Wildman–Crippen MR) is 113 cm³/mol. The standard InChI is InChI=1S/C23H26N4O3/c1-16-6-2-7-17(14-16)27-19(22-18(23(27)30)8-3-10-25-22)15-20(28)24-11-5-13-26-12-4-9-21(26)29/h2-3,6-8,10,14,19H,4-5,9,11-13,15H2,1H3,(H,24,28)/t19-/m0/s1. The van der Waals surface area contributed by atoms with Crippen molar-refractivity contribution in [3.8, 4) is 0 Å². The van der Waals surface area contributed by atoms with Crippen LogP contribution in [-0.4, -0.2) is 47.2 Å². The van der Waals surface area contributed by atoms with Crippen LogP contribution in [0.4, 0.5) is 5.69 Å². The number of aromatic nitrogens is 1. The number of amides is 3. The maximum Gasteiger partial charge on any atom is 0.260 e. The predicted octanol–water partition coefficient (Wildman–Crippen LogP) is 2.61. The summed E-state index contributed by atoms with van der Waals surface area (Å²) in [4.78, 5) is 45.3. The molecule has 1 aromatic carbocycles. The van der Waals surface area contributed by atoms with Crippen molar-refractivity contribution in [1.82, 2.24) is 15.2 Å². The van der Waals surface area contributed by atoms with E-state index >= 15 is 0 Å². The van der Waals surface area contributed by atoms with Crippen LogP contribution in [0.3, 0.4) is 0 Å². The molecular formula is C23H26N4O3. The number of fused-ring (bicyclic) bond motifs is 1. The Hall–Kier alpha value is -3.22. The lowest BCUT2D eigenvalue weighted by molar-refractivity contribution is -0.127. The molecule has 1 aromatic heterocycles. The Bertz CT molecular complexity index is 974. The number of carbonyl (C=O) groups is 3. The highest BCUT2D eigenvalue weighted by Crippen LogP contribution is 2.38. The molecule has 2 aliphatic rings. The van der Waals surface area contributed by atoms with Crippen LogP contribution in [0.2, 0.25) is 0 Å². The number of benzene rings is 1. The van der Waals surface area contributed by atoms with Gasteiger partial charge in [-0.3, -0.25) is 24.3 Å². The first-order chi connectivity index (χ1) is 14.5. The average Bonchev–Trinajstić information content (AvgIpc) is 3.26. The van der Waals surface area contributed by atoms with Gasteiger partial charge in [-0.2, -0.15) is 0 Å². The molecule has 0 aliphatic carbocycles. The fourth-order valence-corrected chi connectivity index (χ4v) is 4.21. The Morgan fingerprint density at radius 1 is 1.23 bits per heavy atom. The number of aryl methyl sites for hydroxylation is 1. The second-order valence-electron chi connectivity index (χ2n) is 7.86. The van der Waals surface area contributed by atoms with Crippen molar-refractivity contribution in [3.05, 3.63) is 59.4 Å². The van der Waals surface area contributed by atoms with Crippen LogP contribution in [-0.2, 0) is 9.59 Å². The molecule has 3 heterocycles. The number of pyridine rings is 1. The Labute approximate surface area is 176 Å². The summed E-state index contributed by atoms with van der Waals surface area (Å²) < 4.78 is 0. The first kappa shape index (κ1) is 20.1. The van der Waals surface area contributed by atoms with Crippen molar-refractivity contribution in [1.29, 1.82) is 0 Å². The Kier molecular flexibility index (Phi) is 5.79. The summed E-state index contributed by atoms with van der Waals surface area (Å²) >= 11 is 0. The van der Waals surface area contributed by atoms with Crippen LogP contribution in [0.1, 0.15) is 53.3 Å². The molecule has 2 aromatic rings. The van der Waals surface area contributed by atoms with Crippen molar-refractivity contribution in [2.45, 2.75) is 38.6 Å². The molecule has 0 unspecified atom stereocenters. The van der Waals surface area contributed by atoms with Crippen LogP contribution in [0, 0.1) is 6.92 Å². The molecule has 4 rings (SSSR count). The number of anilines is 1. The zero-order chi connectivity index (χ0) is 21.1. The summed E-state index contributed by atoms with van der Waals surface area (Å²) in [5.41, 5.74) is 3.00. The summed E-state index contributed by atoms with van der Waals surface area (Å²) in [7, 11) is 0. The van der Waals surface area contributed by atoms with Gasteiger partial charge in [0.15, 0.2) is 0 Å². The topological polar surface area (TPSA) is 82.6 Å². The highest BCUT2D eigenvalue weighted by atomic mass is 16.2. The first-order valence-corrected chi connectivity index (χ1v) is 10.4. The number of hydrogen-bond acceptors (Lipinski definition) is 4. The number of rotatable bonds is 7. The quantitative estimate of drug-likeness (QED) is 0.717. The van der Waals surface area contributed by atoms with E-state index in [0.29, 0.717) is 30.8 Å². The van der Waals surface area contributed by atoms with Gasteiger partial charge in [-0.05, 0) is 49.6 Å². The van der Waals surface area contributed by atoms with Crippen LogP contribution >= 0.6 is 0 Å². The summed E-state index contributed by atoms with van der Waals surface area (Å²) in [5.74, 6) is -0.0620. The van der Waals surface area contributed by atoms with E-state index in [1.165, 1.54) is 0 Å². The van der Waals surface area contributed by atoms with E-state index < -0.39 is 6.04 Å². The average molecular weight is 406 g/mol. The molecule has 0 radical (unpaired) electrons. The largest absolute Gasteiger partial charge is 0.356 e. The van der Waals surface area contributed by atoms with Gasteiger partial charge in [0.05, 0.1) is 23.7 Å². The lowest BCUT2D eigenvalue weighted by Gasteiger charge is -2.25. The SMILES string of the molecule is Cc1cccc(N2C(=O)c3cccnc3[C@@H]2CC(=O)NCCCN2CCCC2=O)c1. The molecule has 0 spiro atoms. The van der Waals surface area contributed by atoms with E-state index in [1.807, 2.05) is 36.1 Å². The molecule has 7 heteroatoms. The maximum atomic E-state index is 13.1. The molecular weight excluding hydrogens is 380 g/mol. The third-order valence-corrected chi connectivity index (χ3v) is 5.67. The summed E-state index contributed by atoms with van der Waals surface area (Å²) in [6.45, 7) is 3.96. The Balaban J connectivity index is 1.43. The normalized spacial score (nSPS) is 18.1. The smallest absolute Gasteiger partial charge is 0.260 e. The zero-order valence-electron chi connectivity index (χ0n) is 17.1. The molecule has 156 valence electrons. The third-order valence-electron chi connectivity index (χ3n) is 5.67. The van der Waals surface area contributed by atoms with E-state index in [4.69, 9.17) is 0 Å². The van der Waals surface area contributed by atoms with Crippen molar-refractivity contribution in [2.24, 2.45) is 0 Å². The fraction of sp³-hybridized carbons (Fsp3) is 0.391. The molecule has 0 bridgehead atoms. The summed E-state index contributed by atoms with van der Waals surface area (Å²) in [5, 5.41) is 2.93. The molecule has 1 atom stereocenters. The van der Waals surface area contributed by atoms with Gasteiger partial charge in [0.2, 0.25) is 11.8 Å². The summed E-state index contributed by atoms with van der Waals surface area (Å²) in [6, 6.07) is 10.8. The van der Waals surface area contributed by atoms with Crippen LogP contribution in [0.5, 0.6) is 0 Å². The molecule has 2 aliphatic heterocycles. The van der Waals surface area contributed by atoms with Gasteiger partial charge in [-0.25, -0.2) is 0 Å². The number of likely N-dealkylation sites (tertiary alicyclic amines) is 1. The number of carbonyl (C=O) groups excluding carboxylic acids is 3. The van der Waals surface area contributed by atoms with Crippen LogP contribution in [0.15, 0.2) is 42.6 Å². The molecule has 3 amide bonds. The van der Waals surface area contributed by atoms with Crippen LogP contribution in [0.25, 0.3) is 0 Å². The van der Waals surface area contributed by atoms with Gasteiger partial charge in [-0.15, -0.1) is 0 Å². The fourth-order valence-electron chi connectivity index (χ4n) is 4.21. The first-order valence-electron chi connectivity index (χ1n) is 10.4. The maximum absolute atomic E-state index is 13.1. The van der Waals surface area contributed by atoms with Crippen molar-refractivity contribution >= 4 is 23.4 Å². The molecule has 0 saturated carbocycles. The highest BCUT2D eigenvalue weighted by molar-refractivity contribution is 6.11. The minimum atomic E-state index is -0.435. The second-order valence-corrected chi connectivity index (χ2v) is 7.86. The van der Waals surface area contributed by atoms with E-state index in [1.54, 1.807) is 23.2 Å². The van der Waals surface area contributed by atoms with E-state index in [-0.39, 0.29) is 24.1 Å². The lowest BCUT2D eigenvalue weighted by Crippen LogP contribution is -2.34. The van der Waals surface area contributed by atoms with E-state index in [9.17, 15) is 14.4 Å². The number of nitrogens with zero attached hydrogens (tertiary/aromatic N) is 3. The molecule has 1 saturated heterocycles. The molecule has 30 heavy (non-hydrogen) atoms. The Morgan fingerprint density at radius 2 is 2.10 bits per heavy atom. The Morgan fingerprint density at radius 3 is 2.87 bits per heavy atom. The molecule has 7 nitrogen and oxygen atoms in total. The zero-order valence-corrected chi connectivity index (χ0v) is 17.1. The van der Waals surface area contributed by atoms with Gasteiger partial charge >= 0.3 is 0 Å². The van der Waals surface area contributed by atoms with E-state index in [0.717, 1.165) is 30.6 Å². The van der Waals surface area contributed by atoms with Gasteiger partial charge in [0.25, 0.3) is 5.91 Å². The monoisotopic (exact) mass is 406 g/mol. The second kappa shape index (κ2) is 8.65. The van der Waals surface area contributed by atoms with Gasteiger partial charge < -0.3 is 10.2 Å². The molecule has 1 fully saturated rings. The van der Waals surface area contributed by atoms with Crippen molar-refractivity contribution in [3.63, 3.8) is 0 Å². The molecule has 1 N–H and O–H groups in total. The van der Waals surface area contributed by atoms with Crippen LogP contribution < -0.4 is 10.2 Å². The minimum Gasteiger partial charge on any atom is -0.356 e.